The Kier molecular flexibility index (Phi) is 4.62. The Morgan fingerprint density at radius 2 is 2.20 bits per heavy atom. The van der Waals surface area contributed by atoms with Gasteiger partial charge in [-0.1, -0.05) is 12.7 Å². The summed E-state index contributed by atoms with van der Waals surface area (Å²) in [6.07, 6.45) is 2.33. The van der Waals surface area contributed by atoms with Crippen LogP contribution in [0.3, 0.4) is 0 Å². The van der Waals surface area contributed by atoms with Crippen LogP contribution < -0.4 is 5.73 Å². The highest BCUT2D eigenvalue weighted by atomic mass is 16.6. The molecule has 0 aromatic rings. The Labute approximate surface area is 60.8 Å². The van der Waals surface area contributed by atoms with E-state index in [2.05, 4.69) is 17.9 Å². The molecule has 0 rings (SSSR count). The molecule has 0 bridgehead atoms. The van der Waals surface area contributed by atoms with Crippen LogP contribution in [0.15, 0.2) is 25.5 Å². The van der Waals surface area contributed by atoms with E-state index in [0.717, 1.165) is 6.26 Å². The van der Waals surface area contributed by atoms with Gasteiger partial charge in [0.05, 0.1) is 12.3 Å². The van der Waals surface area contributed by atoms with Gasteiger partial charge in [0.1, 0.15) is 0 Å². The van der Waals surface area contributed by atoms with E-state index in [-0.39, 0.29) is 0 Å². The molecule has 58 valence electrons. The van der Waals surface area contributed by atoms with Crippen molar-refractivity contribution in [1.29, 1.82) is 0 Å². The lowest BCUT2D eigenvalue weighted by Crippen LogP contribution is -2.34. The summed E-state index contributed by atoms with van der Waals surface area (Å²) in [4.78, 5) is 0. The third kappa shape index (κ3) is 3.27. The van der Waals surface area contributed by atoms with Gasteiger partial charge in [-0.05, 0) is 6.42 Å². The smallest absolute Gasteiger partial charge is 0.212 e. The van der Waals surface area contributed by atoms with Crippen LogP contribution in [0.1, 0.15) is 6.42 Å². The highest BCUT2D eigenvalue weighted by Crippen LogP contribution is 1.97. The third-order valence-electron chi connectivity index (χ3n) is 1.04. The normalized spacial score (nSPS) is 15.4. The van der Waals surface area contributed by atoms with Crippen molar-refractivity contribution in [2.45, 2.75) is 18.8 Å². The zero-order valence-electron chi connectivity index (χ0n) is 5.86. The van der Waals surface area contributed by atoms with Gasteiger partial charge in [0, 0.05) is 0 Å². The Morgan fingerprint density at radius 1 is 1.60 bits per heavy atom. The Balaban J connectivity index is 3.56. The molecule has 0 spiro atoms. The predicted octanol–water partition coefficient (Wildman–Crippen LogP) is 0.368. The molecule has 0 amide bonds. The molecular weight excluding hydrogens is 130 g/mol. The maximum atomic E-state index is 8.98. The van der Waals surface area contributed by atoms with E-state index in [9.17, 15) is 0 Å². The highest BCUT2D eigenvalue weighted by molar-refractivity contribution is 4.77. The van der Waals surface area contributed by atoms with E-state index in [0.29, 0.717) is 6.42 Å². The standard InChI is InChI=1S/C7H13NO2/c1-3-5-6(8)7(9)10-4-2/h3-4,6-7,9H,1-2,5,8H2. The van der Waals surface area contributed by atoms with Gasteiger partial charge in [-0.2, -0.15) is 0 Å². The molecule has 3 heteroatoms. The van der Waals surface area contributed by atoms with Gasteiger partial charge in [0.25, 0.3) is 0 Å². The highest BCUT2D eigenvalue weighted by Gasteiger charge is 2.11. The minimum Gasteiger partial charge on any atom is -0.472 e. The van der Waals surface area contributed by atoms with Crippen LogP contribution in [0.25, 0.3) is 0 Å². The van der Waals surface area contributed by atoms with Gasteiger partial charge in [-0.15, -0.1) is 6.58 Å². The number of aliphatic hydroxyl groups is 1. The average Bonchev–Trinajstić information content (AvgIpc) is 1.89. The molecular formula is C7H13NO2. The molecule has 0 fully saturated rings. The maximum Gasteiger partial charge on any atom is 0.212 e. The molecule has 0 heterocycles. The van der Waals surface area contributed by atoms with Crippen LogP contribution in [0.4, 0.5) is 0 Å². The monoisotopic (exact) mass is 143 g/mol. The van der Waals surface area contributed by atoms with Crippen molar-refractivity contribution in [3.63, 3.8) is 0 Å². The first-order chi connectivity index (χ1) is 4.72. The fourth-order valence-corrected chi connectivity index (χ4v) is 0.508. The van der Waals surface area contributed by atoms with Gasteiger partial charge in [-0.3, -0.25) is 0 Å². The van der Waals surface area contributed by atoms with E-state index in [1.54, 1.807) is 6.08 Å². The molecule has 2 atom stereocenters. The van der Waals surface area contributed by atoms with Crippen LogP contribution in [0.5, 0.6) is 0 Å². The quantitative estimate of drug-likeness (QED) is 0.332. The van der Waals surface area contributed by atoms with Crippen molar-refractivity contribution in [3.05, 3.63) is 25.5 Å². The second kappa shape index (κ2) is 5.02. The number of ether oxygens (including phenoxy) is 1. The van der Waals surface area contributed by atoms with Crippen LogP contribution in [-0.2, 0) is 4.74 Å². The molecule has 0 saturated heterocycles. The Hall–Kier alpha value is -0.800. The van der Waals surface area contributed by atoms with E-state index in [4.69, 9.17) is 10.8 Å². The molecule has 0 aliphatic carbocycles. The van der Waals surface area contributed by atoms with E-state index >= 15 is 0 Å². The summed E-state index contributed by atoms with van der Waals surface area (Å²) >= 11 is 0. The molecule has 0 saturated carbocycles. The molecule has 10 heavy (non-hydrogen) atoms. The molecule has 0 aromatic carbocycles. The second-order valence-corrected chi connectivity index (χ2v) is 1.88. The first-order valence-electron chi connectivity index (χ1n) is 3.03. The lowest BCUT2D eigenvalue weighted by Gasteiger charge is -2.15. The lowest BCUT2D eigenvalue weighted by atomic mass is 10.2. The lowest BCUT2D eigenvalue weighted by molar-refractivity contribution is -0.0669. The van der Waals surface area contributed by atoms with E-state index in [1.807, 2.05) is 0 Å². The Morgan fingerprint density at radius 3 is 2.60 bits per heavy atom. The summed E-state index contributed by atoms with van der Waals surface area (Å²) in [6, 6.07) is -0.421. The minimum absolute atomic E-state index is 0.421. The first-order valence-corrected chi connectivity index (χ1v) is 3.03. The zero-order valence-corrected chi connectivity index (χ0v) is 5.86. The van der Waals surface area contributed by atoms with Gasteiger partial charge in [0.2, 0.25) is 6.29 Å². The van der Waals surface area contributed by atoms with Crippen molar-refractivity contribution < 1.29 is 9.84 Å². The first kappa shape index (κ1) is 9.20. The summed E-state index contributed by atoms with van der Waals surface area (Å²) in [5.41, 5.74) is 5.42. The summed E-state index contributed by atoms with van der Waals surface area (Å²) < 4.78 is 4.60. The molecule has 0 aliphatic heterocycles. The molecule has 3 N–H and O–H groups in total. The Bertz CT molecular complexity index is 100. The predicted molar refractivity (Wildman–Crippen MR) is 40.1 cm³/mol. The van der Waals surface area contributed by atoms with Crippen molar-refractivity contribution in [1.82, 2.24) is 0 Å². The average molecular weight is 143 g/mol. The molecule has 3 nitrogen and oxygen atoms in total. The fraction of sp³-hybridized carbons (Fsp3) is 0.429. The van der Waals surface area contributed by atoms with E-state index < -0.39 is 12.3 Å². The van der Waals surface area contributed by atoms with Crippen LogP contribution in [0, 0.1) is 0 Å². The molecule has 0 aliphatic rings. The van der Waals surface area contributed by atoms with E-state index in [1.165, 1.54) is 0 Å². The van der Waals surface area contributed by atoms with Crippen molar-refractivity contribution in [3.8, 4) is 0 Å². The zero-order chi connectivity index (χ0) is 7.98. The van der Waals surface area contributed by atoms with Crippen LogP contribution >= 0.6 is 0 Å². The molecule has 0 radical (unpaired) electrons. The summed E-state index contributed by atoms with van der Waals surface area (Å²) in [7, 11) is 0. The SMILES string of the molecule is C=CCC(N)C(O)OC=C. The largest absolute Gasteiger partial charge is 0.472 e. The minimum atomic E-state index is -0.976. The van der Waals surface area contributed by atoms with Crippen molar-refractivity contribution >= 4 is 0 Å². The fourth-order valence-electron chi connectivity index (χ4n) is 0.508. The van der Waals surface area contributed by atoms with Crippen LogP contribution in [0.2, 0.25) is 0 Å². The topological polar surface area (TPSA) is 55.5 Å². The van der Waals surface area contributed by atoms with Gasteiger partial charge < -0.3 is 15.6 Å². The molecule has 2 unspecified atom stereocenters. The second-order valence-electron chi connectivity index (χ2n) is 1.88. The third-order valence-corrected chi connectivity index (χ3v) is 1.04. The van der Waals surface area contributed by atoms with Crippen LogP contribution in [-0.4, -0.2) is 17.4 Å². The maximum absolute atomic E-state index is 8.98. The number of aliphatic hydroxyl groups excluding tert-OH is 1. The summed E-state index contributed by atoms with van der Waals surface area (Å²) in [5, 5.41) is 8.98. The van der Waals surface area contributed by atoms with Gasteiger partial charge >= 0.3 is 0 Å². The number of nitrogens with two attached hydrogens (primary N) is 1. The van der Waals surface area contributed by atoms with Crippen molar-refractivity contribution in [2.24, 2.45) is 5.73 Å². The van der Waals surface area contributed by atoms with Crippen molar-refractivity contribution in [2.75, 3.05) is 0 Å². The molecule has 0 aromatic heterocycles. The number of hydrogen-bond acceptors (Lipinski definition) is 3. The number of hydrogen-bond donors (Lipinski definition) is 2. The van der Waals surface area contributed by atoms with Gasteiger partial charge in [-0.25, -0.2) is 0 Å². The number of rotatable bonds is 5. The summed E-state index contributed by atoms with van der Waals surface area (Å²) in [6.45, 7) is 6.75. The summed E-state index contributed by atoms with van der Waals surface area (Å²) in [5.74, 6) is 0. The van der Waals surface area contributed by atoms with Gasteiger partial charge in [0.15, 0.2) is 0 Å².